The Kier molecular flexibility index (Phi) is 3.55. The zero-order valence-electron chi connectivity index (χ0n) is 10.6. The zero-order chi connectivity index (χ0) is 14.9. The summed E-state index contributed by atoms with van der Waals surface area (Å²) in [5.74, 6) is 0. The molecule has 0 saturated carbocycles. The molecule has 1 heterocycles. The number of sulfonamides is 1. The van der Waals surface area contributed by atoms with E-state index in [-0.39, 0.29) is 17.1 Å². The van der Waals surface area contributed by atoms with Crippen LogP contribution < -0.4 is 5.14 Å². The molecule has 2 N–H and O–H groups in total. The molecule has 9 heteroatoms. The molecule has 0 spiro atoms. The van der Waals surface area contributed by atoms with Gasteiger partial charge in [-0.05, 0) is 12.5 Å². The fraction of sp³-hybridized carbons (Fsp3) is 0.182. The molecule has 0 fully saturated rings. The number of nitrogens with zero attached hydrogens (tertiary/aromatic N) is 3. The highest BCUT2D eigenvalue weighted by Crippen LogP contribution is 2.21. The van der Waals surface area contributed by atoms with Crippen molar-refractivity contribution < 1.29 is 13.3 Å². The molecule has 0 unspecified atom stereocenters. The van der Waals surface area contributed by atoms with Gasteiger partial charge < -0.3 is 0 Å². The van der Waals surface area contributed by atoms with Crippen molar-refractivity contribution in [1.29, 1.82) is 0 Å². The van der Waals surface area contributed by atoms with Crippen molar-refractivity contribution >= 4 is 15.7 Å². The van der Waals surface area contributed by atoms with Gasteiger partial charge in [0.25, 0.3) is 5.69 Å². The predicted molar refractivity (Wildman–Crippen MR) is 70.5 cm³/mol. The van der Waals surface area contributed by atoms with Gasteiger partial charge in [-0.3, -0.25) is 14.8 Å². The molecular weight excluding hydrogens is 284 g/mol. The number of nitro groups is 1. The molecule has 1 aromatic heterocycles. The molecular formula is C11H12N4O4S. The van der Waals surface area contributed by atoms with Crippen LogP contribution in [-0.2, 0) is 16.6 Å². The van der Waals surface area contributed by atoms with Crippen molar-refractivity contribution in [3.8, 4) is 0 Å². The summed E-state index contributed by atoms with van der Waals surface area (Å²) in [6, 6.07) is 4.71. The molecule has 20 heavy (non-hydrogen) atoms. The van der Waals surface area contributed by atoms with Gasteiger partial charge in [-0.15, -0.1) is 0 Å². The third-order valence-corrected chi connectivity index (χ3v) is 3.75. The van der Waals surface area contributed by atoms with Gasteiger partial charge in [-0.25, -0.2) is 13.6 Å². The van der Waals surface area contributed by atoms with E-state index in [0.717, 1.165) is 6.20 Å². The van der Waals surface area contributed by atoms with Gasteiger partial charge in [0.2, 0.25) is 10.0 Å². The second kappa shape index (κ2) is 5.02. The highest BCUT2D eigenvalue weighted by molar-refractivity contribution is 7.89. The van der Waals surface area contributed by atoms with Crippen LogP contribution in [0.25, 0.3) is 0 Å². The number of nitrogens with two attached hydrogens (primary N) is 1. The molecule has 2 aromatic rings. The van der Waals surface area contributed by atoms with E-state index >= 15 is 0 Å². The number of rotatable bonds is 4. The Bertz CT molecular complexity index is 766. The average molecular weight is 296 g/mol. The molecule has 0 aliphatic rings. The van der Waals surface area contributed by atoms with E-state index in [0.29, 0.717) is 11.1 Å². The summed E-state index contributed by atoms with van der Waals surface area (Å²) < 4.78 is 23.7. The Morgan fingerprint density at radius 2 is 2.15 bits per heavy atom. The largest absolute Gasteiger partial charge is 0.272 e. The molecule has 8 nitrogen and oxygen atoms in total. The fourth-order valence-electron chi connectivity index (χ4n) is 1.79. The smallest absolute Gasteiger partial charge is 0.267 e. The van der Waals surface area contributed by atoms with E-state index in [4.69, 9.17) is 5.14 Å². The van der Waals surface area contributed by atoms with Gasteiger partial charge in [0.1, 0.15) is 4.90 Å². The summed E-state index contributed by atoms with van der Waals surface area (Å²) in [5.41, 5.74) is 1.22. The van der Waals surface area contributed by atoms with E-state index in [1.54, 1.807) is 19.1 Å². The zero-order valence-corrected chi connectivity index (χ0v) is 11.4. The Balaban J connectivity index is 2.34. The number of primary sulfonamides is 1. The van der Waals surface area contributed by atoms with E-state index in [1.165, 1.54) is 16.9 Å². The second-order valence-corrected chi connectivity index (χ2v) is 5.80. The quantitative estimate of drug-likeness (QED) is 0.660. The van der Waals surface area contributed by atoms with Crippen LogP contribution in [0.3, 0.4) is 0 Å². The van der Waals surface area contributed by atoms with Crippen LogP contribution >= 0.6 is 0 Å². The lowest BCUT2D eigenvalue weighted by atomic mass is 10.1. The molecule has 0 aliphatic carbocycles. The fourth-order valence-corrected chi connectivity index (χ4v) is 2.25. The molecule has 0 radical (unpaired) electrons. The maximum Gasteiger partial charge on any atom is 0.272 e. The first-order valence-corrected chi connectivity index (χ1v) is 7.12. The summed E-state index contributed by atoms with van der Waals surface area (Å²) in [5, 5.41) is 19.7. The molecule has 1 aromatic carbocycles. The molecule has 2 rings (SSSR count). The minimum absolute atomic E-state index is 0.0151. The van der Waals surface area contributed by atoms with Crippen molar-refractivity contribution in [3.05, 3.63) is 51.8 Å². The van der Waals surface area contributed by atoms with Crippen LogP contribution in [0.4, 0.5) is 5.69 Å². The predicted octanol–water partition coefficient (Wildman–Crippen LogP) is 0.795. The van der Waals surface area contributed by atoms with Gasteiger partial charge in [0.05, 0.1) is 17.7 Å². The van der Waals surface area contributed by atoms with Crippen LogP contribution in [0.2, 0.25) is 0 Å². The summed E-state index contributed by atoms with van der Waals surface area (Å²) in [6.07, 6.45) is 2.43. The maximum atomic E-state index is 11.1. The average Bonchev–Trinajstić information content (AvgIpc) is 2.80. The minimum Gasteiger partial charge on any atom is -0.267 e. The summed E-state index contributed by atoms with van der Waals surface area (Å²) in [4.78, 5) is 10.3. The van der Waals surface area contributed by atoms with Gasteiger partial charge in [0, 0.05) is 17.8 Å². The highest BCUT2D eigenvalue weighted by Gasteiger charge is 2.15. The van der Waals surface area contributed by atoms with Crippen LogP contribution in [0.15, 0.2) is 35.5 Å². The van der Waals surface area contributed by atoms with Crippen molar-refractivity contribution in [2.24, 2.45) is 5.14 Å². The van der Waals surface area contributed by atoms with Crippen molar-refractivity contribution in [2.45, 2.75) is 18.4 Å². The van der Waals surface area contributed by atoms with Crippen LogP contribution in [0.1, 0.15) is 11.1 Å². The highest BCUT2D eigenvalue weighted by atomic mass is 32.2. The van der Waals surface area contributed by atoms with Crippen LogP contribution in [0.5, 0.6) is 0 Å². The van der Waals surface area contributed by atoms with Crippen molar-refractivity contribution in [2.75, 3.05) is 0 Å². The van der Waals surface area contributed by atoms with E-state index in [1.807, 2.05) is 0 Å². The monoisotopic (exact) mass is 296 g/mol. The molecule has 106 valence electrons. The van der Waals surface area contributed by atoms with Crippen LogP contribution in [-0.4, -0.2) is 23.1 Å². The van der Waals surface area contributed by atoms with Crippen molar-refractivity contribution in [1.82, 2.24) is 9.78 Å². The first-order chi connectivity index (χ1) is 9.29. The number of benzene rings is 1. The number of hydrogen-bond acceptors (Lipinski definition) is 5. The second-order valence-electron chi connectivity index (χ2n) is 4.24. The standard InChI is InChI=1S/C11H12N4O4S/c1-8-9(3-2-4-11(8)15(16)17)6-14-7-10(5-13-14)20(12,18)19/h2-5,7H,6H2,1H3,(H2,12,18,19). The normalized spacial score (nSPS) is 11.5. The minimum atomic E-state index is -3.80. The lowest BCUT2D eigenvalue weighted by Gasteiger charge is -2.06. The molecule has 0 atom stereocenters. The Hall–Kier alpha value is -2.26. The SMILES string of the molecule is Cc1c(Cn2cc(S(N)(=O)=O)cn2)cccc1[N+](=O)[O-]. The van der Waals surface area contributed by atoms with Gasteiger partial charge in [-0.2, -0.15) is 5.10 Å². The maximum absolute atomic E-state index is 11.1. The first kappa shape index (κ1) is 14.2. The molecule has 0 bridgehead atoms. The Labute approximate surface area is 115 Å². The summed E-state index contributed by atoms with van der Waals surface area (Å²) in [6.45, 7) is 1.86. The lowest BCUT2D eigenvalue weighted by Crippen LogP contribution is -2.11. The topological polar surface area (TPSA) is 121 Å². The molecule has 0 aliphatic heterocycles. The van der Waals surface area contributed by atoms with Gasteiger partial charge in [-0.1, -0.05) is 12.1 Å². The lowest BCUT2D eigenvalue weighted by molar-refractivity contribution is -0.385. The van der Waals surface area contributed by atoms with Gasteiger partial charge in [0.15, 0.2) is 0 Å². The van der Waals surface area contributed by atoms with E-state index < -0.39 is 14.9 Å². The third-order valence-electron chi connectivity index (χ3n) is 2.88. The van der Waals surface area contributed by atoms with Crippen molar-refractivity contribution in [3.63, 3.8) is 0 Å². The number of hydrogen-bond donors (Lipinski definition) is 1. The molecule has 0 amide bonds. The summed E-state index contributed by atoms with van der Waals surface area (Å²) in [7, 11) is -3.80. The Morgan fingerprint density at radius 1 is 1.45 bits per heavy atom. The Morgan fingerprint density at radius 3 is 2.70 bits per heavy atom. The first-order valence-electron chi connectivity index (χ1n) is 5.57. The van der Waals surface area contributed by atoms with E-state index in [2.05, 4.69) is 5.10 Å². The third kappa shape index (κ3) is 2.83. The molecule has 0 saturated heterocycles. The van der Waals surface area contributed by atoms with Crippen LogP contribution in [0, 0.1) is 17.0 Å². The van der Waals surface area contributed by atoms with E-state index in [9.17, 15) is 18.5 Å². The summed E-state index contributed by atoms with van der Waals surface area (Å²) >= 11 is 0. The number of nitro benzene ring substituents is 1. The van der Waals surface area contributed by atoms with Gasteiger partial charge >= 0.3 is 0 Å². The number of aromatic nitrogens is 2.